The molecule has 0 bridgehead atoms. The maximum atomic E-state index is 11.8. The Morgan fingerprint density at radius 1 is 1.44 bits per heavy atom. The molecule has 0 atom stereocenters. The summed E-state index contributed by atoms with van der Waals surface area (Å²) in [6, 6.07) is 0. The number of rotatable bonds is 3. The summed E-state index contributed by atoms with van der Waals surface area (Å²) in [5.74, 6) is -0.693. The van der Waals surface area contributed by atoms with Crippen molar-refractivity contribution in [3.05, 3.63) is 35.6 Å². The Kier molecular flexibility index (Phi) is 4.59. The Labute approximate surface area is 106 Å². The van der Waals surface area contributed by atoms with Gasteiger partial charge >= 0.3 is 0 Å². The van der Waals surface area contributed by atoms with Gasteiger partial charge in [-0.1, -0.05) is 6.08 Å². The van der Waals surface area contributed by atoms with Gasteiger partial charge in [-0.25, -0.2) is 0 Å². The lowest BCUT2D eigenvalue weighted by Crippen LogP contribution is -2.37. The molecule has 0 aromatic carbocycles. The topological polar surface area (TPSA) is 87.2 Å². The van der Waals surface area contributed by atoms with E-state index in [0.29, 0.717) is 24.2 Å². The van der Waals surface area contributed by atoms with Crippen molar-refractivity contribution in [1.82, 2.24) is 4.90 Å². The third-order valence-corrected chi connectivity index (χ3v) is 2.53. The fourth-order valence-electron chi connectivity index (χ4n) is 1.60. The number of hydrogen-bond donors (Lipinski definition) is 2. The van der Waals surface area contributed by atoms with Gasteiger partial charge in [-0.15, -0.1) is 0 Å². The van der Waals surface area contributed by atoms with Crippen LogP contribution in [-0.4, -0.2) is 29.0 Å². The summed E-state index contributed by atoms with van der Waals surface area (Å²) >= 11 is 0. The Balaban J connectivity index is 2.82. The van der Waals surface area contributed by atoms with Gasteiger partial charge in [-0.2, -0.15) is 0 Å². The molecule has 0 aromatic heterocycles. The third-order valence-electron chi connectivity index (χ3n) is 2.53. The number of imide groups is 1. The van der Waals surface area contributed by atoms with E-state index in [-0.39, 0.29) is 17.5 Å². The Morgan fingerprint density at radius 2 is 2.11 bits per heavy atom. The molecule has 0 spiro atoms. The van der Waals surface area contributed by atoms with Gasteiger partial charge < -0.3 is 11.1 Å². The molecule has 0 aromatic rings. The highest BCUT2D eigenvalue weighted by atomic mass is 16.2. The first-order valence-electron chi connectivity index (χ1n) is 5.65. The SMILES string of the molecule is CC(=N)C(/C=C/C(=O)N1CCC=CC1=O)=C(/C)N. The van der Waals surface area contributed by atoms with E-state index in [2.05, 4.69) is 0 Å². The van der Waals surface area contributed by atoms with Gasteiger partial charge in [0.1, 0.15) is 0 Å². The molecule has 0 unspecified atom stereocenters. The van der Waals surface area contributed by atoms with Crippen LogP contribution in [0.5, 0.6) is 0 Å². The minimum Gasteiger partial charge on any atom is -0.402 e. The zero-order chi connectivity index (χ0) is 13.7. The molecule has 3 N–H and O–H groups in total. The third kappa shape index (κ3) is 3.41. The molecule has 5 heteroatoms. The predicted octanol–water partition coefficient (Wildman–Crippen LogP) is 1.13. The fourth-order valence-corrected chi connectivity index (χ4v) is 1.60. The van der Waals surface area contributed by atoms with Crippen LogP contribution in [0.2, 0.25) is 0 Å². The minimum absolute atomic E-state index is 0.281. The van der Waals surface area contributed by atoms with Gasteiger partial charge in [-0.3, -0.25) is 14.5 Å². The first-order chi connectivity index (χ1) is 8.43. The summed E-state index contributed by atoms with van der Waals surface area (Å²) in [5.41, 5.74) is 6.87. The van der Waals surface area contributed by atoms with Crippen LogP contribution in [0.15, 0.2) is 35.6 Å². The number of hydrogen-bond acceptors (Lipinski definition) is 4. The van der Waals surface area contributed by atoms with Crippen LogP contribution in [0, 0.1) is 5.41 Å². The van der Waals surface area contributed by atoms with Crippen molar-refractivity contribution in [3.63, 3.8) is 0 Å². The monoisotopic (exact) mass is 247 g/mol. The number of nitrogens with two attached hydrogens (primary N) is 1. The van der Waals surface area contributed by atoms with Crippen molar-refractivity contribution >= 4 is 17.5 Å². The molecule has 2 amide bonds. The summed E-state index contributed by atoms with van der Waals surface area (Å²) in [4.78, 5) is 24.4. The van der Waals surface area contributed by atoms with E-state index in [1.165, 1.54) is 23.1 Å². The number of nitrogens with one attached hydrogen (secondary N) is 1. The molecule has 0 fully saturated rings. The highest BCUT2D eigenvalue weighted by Crippen LogP contribution is 2.07. The maximum Gasteiger partial charge on any atom is 0.253 e. The molecular formula is C13H17N3O2. The first kappa shape index (κ1) is 13.9. The molecule has 1 aliphatic heterocycles. The van der Waals surface area contributed by atoms with E-state index in [1.807, 2.05) is 0 Å². The summed E-state index contributed by atoms with van der Waals surface area (Å²) in [5, 5.41) is 7.52. The summed E-state index contributed by atoms with van der Waals surface area (Å²) < 4.78 is 0. The van der Waals surface area contributed by atoms with Gasteiger partial charge in [0.15, 0.2) is 0 Å². The number of allylic oxidation sites excluding steroid dienone is 3. The van der Waals surface area contributed by atoms with Gasteiger partial charge in [0.05, 0.1) is 0 Å². The van der Waals surface area contributed by atoms with E-state index in [0.717, 1.165) is 0 Å². The van der Waals surface area contributed by atoms with Crippen molar-refractivity contribution in [3.8, 4) is 0 Å². The quantitative estimate of drug-likeness (QED) is 0.445. The molecular weight excluding hydrogens is 230 g/mol. The first-order valence-corrected chi connectivity index (χ1v) is 5.65. The molecule has 0 saturated heterocycles. The number of nitrogens with zero attached hydrogens (tertiary/aromatic N) is 1. The summed E-state index contributed by atoms with van der Waals surface area (Å²) in [6.07, 6.45) is 6.56. The normalized spacial score (nSPS) is 17.0. The van der Waals surface area contributed by atoms with Crippen molar-refractivity contribution in [1.29, 1.82) is 5.41 Å². The highest BCUT2D eigenvalue weighted by Gasteiger charge is 2.18. The van der Waals surface area contributed by atoms with Crippen LogP contribution in [0.4, 0.5) is 0 Å². The average Bonchev–Trinajstić information content (AvgIpc) is 2.28. The molecule has 96 valence electrons. The van der Waals surface area contributed by atoms with E-state index in [9.17, 15) is 9.59 Å². The van der Waals surface area contributed by atoms with E-state index in [1.54, 1.807) is 19.9 Å². The minimum atomic E-state index is -0.385. The summed E-state index contributed by atoms with van der Waals surface area (Å²) in [7, 11) is 0. The number of carbonyl (C=O) groups is 2. The Morgan fingerprint density at radius 3 is 2.61 bits per heavy atom. The standard InChI is InChI=1S/C13H17N3O2/c1-9(14)11(10(2)15)6-7-13(18)16-8-4-3-5-12(16)17/h3,5-7,14H,4,8,15H2,1-2H3/b7-6+,11-10-,14-9?. The maximum absolute atomic E-state index is 11.8. The molecule has 18 heavy (non-hydrogen) atoms. The second kappa shape index (κ2) is 5.95. The molecule has 1 rings (SSSR count). The van der Waals surface area contributed by atoms with Crippen LogP contribution in [0.25, 0.3) is 0 Å². The molecule has 1 aliphatic rings. The van der Waals surface area contributed by atoms with Crippen LogP contribution in [0.1, 0.15) is 20.3 Å². The van der Waals surface area contributed by atoms with E-state index < -0.39 is 0 Å². The van der Waals surface area contributed by atoms with Crippen LogP contribution in [-0.2, 0) is 9.59 Å². The van der Waals surface area contributed by atoms with Gasteiger partial charge in [0.25, 0.3) is 11.8 Å². The number of carbonyl (C=O) groups excluding carboxylic acids is 2. The van der Waals surface area contributed by atoms with Gasteiger partial charge in [-0.05, 0) is 32.4 Å². The van der Waals surface area contributed by atoms with Crippen molar-refractivity contribution < 1.29 is 9.59 Å². The zero-order valence-electron chi connectivity index (χ0n) is 10.6. The van der Waals surface area contributed by atoms with Crippen LogP contribution < -0.4 is 5.73 Å². The lowest BCUT2D eigenvalue weighted by molar-refractivity contribution is -0.139. The lowest BCUT2D eigenvalue weighted by Gasteiger charge is -2.19. The summed E-state index contributed by atoms with van der Waals surface area (Å²) in [6.45, 7) is 3.65. The van der Waals surface area contributed by atoms with E-state index in [4.69, 9.17) is 11.1 Å². The van der Waals surface area contributed by atoms with Crippen LogP contribution >= 0.6 is 0 Å². The van der Waals surface area contributed by atoms with Crippen molar-refractivity contribution in [2.45, 2.75) is 20.3 Å². The van der Waals surface area contributed by atoms with Crippen molar-refractivity contribution in [2.75, 3.05) is 6.54 Å². The Bertz CT molecular complexity index is 469. The van der Waals surface area contributed by atoms with Gasteiger partial charge in [0, 0.05) is 29.6 Å². The molecule has 0 aliphatic carbocycles. The van der Waals surface area contributed by atoms with Crippen molar-refractivity contribution in [2.24, 2.45) is 5.73 Å². The lowest BCUT2D eigenvalue weighted by atomic mass is 10.1. The average molecular weight is 247 g/mol. The second-order valence-corrected chi connectivity index (χ2v) is 4.07. The Hall–Kier alpha value is -2.17. The molecule has 1 heterocycles. The molecule has 5 nitrogen and oxygen atoms in total. The highest BCUT2D eigenvalue weighted by molar-refractivity contribution is 6.07. The second-order valence-electron chi connectivity index (χ2n) is 4.07. The molecule has 0 saturated carbocycles. The van der Waals surface area contributed by atoms with E-state index >= 15 is 0 Å². The number of amides is 2. The predicted molar refractivity (Wildman–Crippen MR) is 69.9 cm³/mol. The molecule has 0 radical (unpaired) electrons. The zero-order valence-corrected chi connectivity index (χ0v) is 10.6. The smallest absolute Gasteiger partial charge is 0.253 e. The van der Waals surface area contributed by atoms with Gasteiger partial charge in [0.2, 0.25) is 0 Å². The largest absolute Gasteiger partial charge is 0.402 e. The van der Waals surface area contributed by atoms with Crippen LogP contribution in [0.3, 0.4) is 0 Å². The fraction of sp³-hybridized carbons (Fsp3) is 0.308.